The highest BCUT2D eigenvalue weighted by molar-refractivity contribution is 5.97. The number of piperazine rings is 1. The van der Waals surface area contributed by atoms with Crippen molar-refractivity contribution in [2.75, 3.05) is 69.8 Å². The third-order valence-electron chi connectivity index (χ3n) is 6.84. The van der Waals surface area contributed by atoms with Gasteiger partial charge in [0.1, 0.15) is 11.6 Å². The minimum absolute atomic E-state index is 0.000969. The molecule has 0 atom stereocenters. The summed E-state index contributed by atoms with van der Waals surface area (Å²) in [6.45, 7) is 7.17. The number of para-hydroxylation sites is 1. The Hall–Kier alpha value is -2.87. The van der Waals surface area contributed by atoms with E-state index in [0.29, 0.717) is 24.4 Å². The van der Waals surface area contributed by atoms with Crippen molar-refractivity contribution in [2.24, 2.45) is 0 Å². The first kappa shape index (κ1) is 21.0. The fourth-order valence-corrected chi connectivity index (χ4v) is 4.89. The molecule has 5 rings (SSSR count). The van der Waals surface area contributed by atoms with Crippen molar-refractivity contribution >= 4 is 17.7 Å². The highest BCUT2D eigenvalue weighted by Crippen LogP contribution is 2.32. The van der Waals surface area contributed by atoms with E-state index in [1.165, 1.54) is 12.8 Å². The fourth-order valence-electron chi connectivity index (χ4n) is 4.89. The number of anilines is 2. The third kappa shape index (κ3) is 3.99. The SMILES string of the molecule is COc1ccccc1C(=O)N1CCc2nc(N3CCCC3)nc(N3CCN(C)CC3)c2C1. The lowest BCUT2D eigenvalue weighted by Crippen LogP contribution is -2.46. The van der Waals surface area contributed by atoms with Crippen LogP contribution >= 0.6 is 0 Å². The molecule has 8 heteroatoms. The molecule has 3 aliphatic rings. The third-order valence-corrected chi connectivity index (χ3v) is 6.84. The van der Waals surface area contributed by atoms with Crippen LogP contribution in [0.5, 0.6) is 5.75 Å². The number of fused-ring (bicyclic) bond motifs is 1. The zero-order valence-corrected chi connectivity index (χ0v) is 19.1. The normalized spacial score (nSPS) is 19.2. The molecule has 1 aromatic heterocycles. The van der Waals surface area contributed by atoms with Gasteiger partial charge in [-0.25, -0.2) is 4.98 Å². The lowest BCUT2D eigenvalue weighted by Gasteiger charge is -2.37. The highest BCUT2D eigenvalue weighted by Gasteiger charge is 2.31. The predicted octanol–water partition coefficient (Wildman–Crippen LogP) is 2.04. The van der Waals surface area contributed by atoms with Gasteiger partial charge in [0.05, 0.1) is 24.9 Å². The minimum Gasteiger partial charge on any atom is -0.496 e. The quantitative estimate of drug-likeness (QED) is 0.727. The molecule has 0 radical (unpaired) electrons. The lowest BCUT2D eigenvalue weighted by molar-refractivity contribution is 0.0730. The maximum Gasteiger partial charge on any atom is 0.257 e. The molecule has 2 aromatic rings. The van der Waals surface area contributed by atoms with Crippen LogP contribution in [0, 0.1) is 0 Å². The summed E-state index contributed by atoms with van der Waals surface area (Å²) in [4.78, 5) is 32.4. The van der Waals surface area contributed by atoms with E-state index < -0.39 is 0 Å². The zero-order valence-electron chi connectivity index (χ0n) is 19.1. The molecule has 0 bridgehead atoms. The van der Waals surface area contributed by atoms with Crippen molar-refractivity contribution in [1.29, 1.82) is 0 Å². The molecule has 8 nitrogen and oxygen atoms in total. The number of methoxy groups -OCH3 is 1. The molecule has 0 spiro atoms. The van der Waals surface area contributed by atoms with Crippen LogP contribution in [0.2, 0.25) is 0 Å². The Morgan fingerprint density at radius 2 is 1.69 bits per heavy atom. The topological polar surface area (TPSA) is 65.0 Å². The Labute approximate surface area is 189 Å². The van der Waals surface area contributed by atoms with Crippen molar-refractivity contribution in [2.45, 2.75) is 25.8 Å². The smallest absolute Gasteiger partial charge is 0.257 e. The Kier molecular flexibility index (Phi) is 5.87. The molecule has 0 aliphatic carbocycles. The molecule has 170 valence electrons. The van der Waals surface area contributed by atoms with Crippen molar-refractivity contribution < 1.29 is 9.53 Å². The van der Waals surface area contributed by atoms with Crippen molar-refractivity contribution in [3.63, 3.8) is 0 Å². The van der Waals surface area contributed by atoms with Gasteiger partial charge in [-0.1, -0.05) is 12.1 Å². The highest BCUT2D eigenvalue weighted by atomic mass is 16.5. The van der Waals surface area contributed by atoms with Crippen molar-refractivity contribution in [3.05, 3.63) is 41.1 Å². The number of ether oxygens (including phenoxy) is 1. The van der Waals surface area contributed by atoms with Crippen LogP contribution in [0.4, 0.5) is 11.8 Å². The Balaban J connectivity index is 1.47. The Morgan fingerprint density at radius 1 is 0.938 bits per heavy atom. The van der Waals surface area contributed by atoms with Gasteiger partial charge in [0.2, 0.25) is 5.95 Å². The average Bonchev–Trinajstić information content (AvgIpc) is 3.38. The molecule has 2 fully saturated rings. The Morgan fingerprint density at radius 3 is 2.44 bits per heavy atom. The molecule has 0 unspecified atom stereocenters. The van der Waals surface area contributed by atoms with Gasteiger partial charge in [0.15, 0.2) is 0 Å². The van der Waals surface area contributed by atoms with Gasteiger partial charge in [-0.3, -0.25) is 4.79 Å². The molecular weight excluding hydrogens is 404 g/mol. The summed E-state index contributed by atoms with van der Waals surface area (Å²) in [5, 5.41) is 0. The Bertz CT molecular complexity index is 982. The van der Waals surface area contributed by atoms with Crippen LogP contribution in [-0.4, -0.2) is 85.6 Å². The number of hydrogen-bond acceptors (Lipinski definition) is 7. The summed E-state index contributed by atoms with van der Waals surface area (Å²) in [5.74, 6) is 2.49. The molecule has 32 heavy (non-hydrogen) atoms. The van der Waals surface area contributed by atoms with E-state index in [9.17, 15) is 4.79 Å². The number of amides is 1. The number of likely N-dealkylation sites (N-methyl/N-ethyl adjacent to an activating group) is 1. The second kappa shape index (κ2) is 8.94. The minimum atomic E-state index is 0.000969. The first-order valence-electron chi connectivity index (χ1n) is 11.6. The largest absolute Gasteiger partial charge is 0.496 e. The summed E-state index contributed by atoms with van der Waals surface area (Å²) in [5.41, 5.74) is 2.81. The van der Waals surface area contributed by atoms with E-state index in [2.05, 4.69) is 21.7 Å². The second-order valence-electron chi connectivity index (χ2n) is 8.93. The molecule has 4 heterocycles. The van der Waals surface area contributed by atoms with Gasteiger partial charge >= 0.3 is 0 Å². The number of carbonyl (C=O) groups excluding carboxylic acids is 1. The summed E-state index contributed by atoms with van der Waals surface area (Å²) in [6, 6.07) is 7.45. The van der Waals surface area contributed by atoms with Crippen LogP contribution in [0.3, 0.4) is 0 Å². The maximum atomic E-state index is 13.4. The summed E-state index contributed by atoms with van der Waals surface area (Å²) in [7, 11) is 3.77. The molecule has 3 aliphatic heterocycles. The number of carbonyl (C=O) groups is 1. The van der Waals surface area contributed by atoms with E-state index in [1.807, 2.05) is 29.2 Å². The van der Waals surface area contributed by atoms with Gasteiger partial charge < -0.3 is 24.3 Å². The fraction of sp³-hybridized carbons (Fsp3) is 0.542. The van der Waals surface area contributed by atoms with E-state index in [4.69, 9.17) is 14.7 Å². The van der Waals surface area contributed by atoms with Gasteiger partial charge in [-0.2, -0.15) is 4.98 Å². The van der Waals surface area contributed by atoms with Crippen molar-refractivity contribution in [1.82, 2.24) is 19.8 Å². The van der Waals surface area contributed by atoms with Crippen LogP contribution in [0.1, 0.15) is 34.5 Å². The van der Waals surface area contributed by atoms with Crippen LogP contribution in [-0.2, 0) is 13.0 Å². The number of nitrogens with zero attached hydrogens (tertiary/aromatic N) is 6. The maximum absolute atomic E-state index is 13.4. The molecule has 1 amide bonds. The van der Waals surface area contributed by atoms with E-state index in [0.717, 1.165) is 68.7 Å². The van der Waals surface area contributed by atoms with Crippen LogP contribution < -0.4 is 14.5 Å². The summed E-state index contributed by atoms with van der Waals surface area (Å²) >= 11 is 0. The van der Waals surface area contributed by atoms with Gasteiger partial charge in [-0.05, 0) is 32.0 Å². The zero-order chi connectivity index (χ0) is 22.1. The molecule has 2 saturated heterocycles. The van der Waals surface area contributed by atoms with Gasteiger partial charge in [0, 0.05) is 57.8 Å². The van der Waals surface area contributed by atoms with E-state index in [1.54, 1.807) is 7.11 Å². The van der Waals surface area contributed by atoms with Crippen LogP contribution in [0.15, 0.2) is 24.3 Å². The second-order valence-corrected chi connectivity index (χ2v) is 8.93. The number of rotatable bonds is 4. The number of aromatic nitrogens is 2. The molecule has 1 aromatic carbocycles. The summed E-state index contributed by atoms with van der Waals surface area (Å²) in [6.07, 6.45) is 3.15. The molecule has 0 saturated carbocycles. The summed E-state index contributed by atoms with van der Waals surface area (Å²) < 4.78 is 5.44. The number of hydrogen-bond donors (Lipinski definition) is 0. The van der Waals surface area contributed by atoms with Crippen molar-refractivity contribution in [3.8, 4) is 5.75 Å². The molecular formula is C24H32N6O2. The first-order valence-corrected chi connectivity index (χ1v) is 11.6. The van der Waals surface area contributed by atoms with Gasteiger partial charge in [0.25, 0.3) is 5.91 Å². The molecule has 0 N–H and O–H groups in total. The number of benzene rings is 1. The predicted molar refractivity (Wildman–Crippen MR) is 125 cm³/mol. The first-order chi connectivity index (χ1) is 15.6. The van der Waals surface area contributed by atoms with E-state index in [-0.39, 0.29) is 5.91 Å². The van der Waals surface area contributed by atoms with Crippen LogP contribution in [0.25, 0.3) is 0 Å². The monoisotopic (exact) mass is 436 g/mol. The van der Waals surface area contributed by atoms with E-state index >= 15 is 0 Å². The lowest BCUT2D eigenvalue weighted by atomic mass is 10.0. The average molecular weight is 437 g/mol. The standard InChI is InChI=1S/C24H32N6O2/c1-27-13-15-28(16-14-27)22-19-17-30(23(31)18-7-3-4-8-21(18)32-2)12-9-20(19)25-24(26-22)29-10-5-6-11-29/h3-4,7-8H,5-6,9-17H2,1-2H3. The van der Waals surface area contributed by atoms with Gasteiger partial charge in [-0.15, -0.1) is 0 Å².